The molecular formula is C60H48N2. The van der Waals surface area contributed by atoms with E-state index in [1.807, 2.05) is 0 Å². The fraction of sp³-hybridized carbons (Fsp3) is 0.317. The zero-order chi connectivity index (χ0) is 39.7. The van der Waals surface area contributed by atoms with Crippen molar-refractivity contribution in [3.63, 3.8) is 0 Å². The first kappa shape index (κ1) is 32.9. The molecule has 2 nitrogen and oxygen atoms in total. The van der Waals surface area contributed by atoms with Gasteiger partial charge in [0.05, 0.1) is 28.2 Å². The molecule has 4 fully saturated rings. The maximum atomic E-state index is 5.59. The topological polar surface area (TPSA) is 17.3 Å². The summed E-state index contributed by atoms with van der Waals surface area (Å²) in [7, 11) is 0. The Morgan fingerprint density at radius 2 is 0.984 bits per heavy atom. The number of aromatic nitrogens is 2. The van der Waals surface area contributed by atoms with Gasteiger partial charge in [0.1, 0.15) is 0 Å². The Morgan fingerprint density at radius 1 is 0.452 bits per heavy atom. The van der Waals surface area contributed by atoms with E-state index in [-0.39, 0.29) is 5.41 Å². The Kier molecular flexibility index (Phi) is 5.88. The molecule has 3 aromatic heterocycles. The van der Waals surface area contributed by atoms with Crippen LogP contribution in [0, 0.1) is 23.7 Å². The van der Waals surface area contributed by atoms with Gasteiger partial charge in [0, 0.05) is 33.2 Å². The summed E-state index contributed by atoms with van der Waals surface area (Å²) in [5.74, 6) is 6.13. The summed E-state index contributed by atoms with van der Waals surface area (Å²) in [6.45, 7) is 0. The number of benzene rings is 6. The van der Waals surface area contributed by atoms with Gasteiger partial charge in [-0.1, -0.05) is 97.1 Å². The molecule has 0 aliphatic heterocycles. The van der Waals surface area contributed by atoms with E-state index >= 15 is 0 Å². The van der Waals surface area contributed by atoms with Crippen molar-refractivity contribution in [3.05, 3.63) is 166 Å². The Hall–Kier alpha value is -5.73. The molecule has 10 aliphatic carbocycles. The fourth-order valence-corrected chi connectivity index (χ4v) is 17.4. The number of hydrogen-bond acceptors (Lipinski definition) is 1. The molecule has 0 radical (unpaired) electrons. The van der Waals surface area contributed by atoms with E-state index in [0.29, 0.717) is 23.7 Å². The van der Waals surface area contributed by atoms with Crippen LogP contribution in [0.25, 0.3) is 71.5 Å². The Balaban J connectivity index is 1.02. The number of fused-ring (bicyclic) bond motifs is 16. The van der Waals surface area contributed by atoms with Crippen LogP contribution >= 0.6 is 0 Å². The van der Waals surface area contributed by atoms with Gasteiger partial charge in [0.25, 0.3) is 0 Å². The molecule has 0 amide bonds. The largest absolute Gasteiger partial charge is 0.306 e. The highest BCUT2D eigenvalue weighted by Crippen LogP contribution is 2.65. The Morgan fingerprint density at radius 3 is 1.66 bits per heavy atom. The van der Waals surface area contributed by atoms with Crippen molar-refractivity contribution in [1.82, 2.24) is 9.38 Å². The van der Waals surface area contributed by atoms with Crippen molar-refractivity contribution in [3.8, 4) is 33.4 Å². The van der Waals surface area contributed by atoms with E-state index in [4.69, 9.17) is 4.98 Å². The van der Waals surface area contributed by atoms with E-state index in [9.17, 15) is 0 Å². The van der Waals surface area contributed by atoms with Crippen LogP contribution in [0.3, 0.4) is 0 Å². The molecular weight excluding hydrogens is 749 g/mol. The van der Waals surface area contributed by atoms with Crippen LogP contribution in [0.1, 0.15) is 133 Å². The van der Waals surface area contributed by atoms with Crippen LogP contribution in [0.5, 0.6) is 0 Å². The van der Waals surface area contributed by atoms with Gasteiger partial charge in [-0.2, -0.15) is 0 Å². The standard InChI is InChI=1S/C60H48N2/c1-4-12-47-42(8-1)43-9-2-5-13-48(43)60(47)49-14-6-3-10-44(49)55-40(11-7-15-50(55)60)36-28-45-56-51(17-16-41-35-20-31-18-32(21-35)23-37(22-31)53(41)56)62-52-30-61-58-39-26-33-19-34(27-39)25-38(24-33)54(58)57(52)46(29-36)59(45)62/h1-17,28-35,37-39H,18-27H2. The second-order valence-corrected chi connectivity index (χ2v) is 21.8. The van der Waals surface area contributed by atoms with Gasteiger partial charge in [-0.25, -0.2) is 0 Å². The van der Waals surface area contributed by atoms with Crippen LogP contribution in [0.15, 0.2) is 121 Å². The van der Waals surface area contributed by atoms with Gasteiger partial charge in [-0.15, -0.1) is 0 Å². The summed E-state index contributed by atoms with van der Waals surface area (Å²) in [6, 6.07) is 45.8. The van der Waals surface area contributed by atoms with Crippen molar-refractivity contribution in [2.24, 2.45) is 23.7 Å². The smallest absolute Gasteiger partial charge is 0.0728 e. The molecule has 4 atom stereocenters. The van der Waals surface area contributed by atoms with Crippen LogP contribution < -0.4 is 0 Å². The van der Waals surface area contributed by atoms with Gasteiger partial charge >= 0.3 is 0 Å². The molecule has 4 unspecified atom stereocenters. The third-order valence-corrected chi connectivity index (χ3v) is 19.0. The van der Waals surface area contributed by atoms with Crippen molar-refractivity contribution in [2.45, 2.75) is 93.3 Å². The van der Waals surface area contributed by atoms with Gasteiger partial charge in [-0.05, 0) is 196 Å². The molecule has 62 heavy (non-hydrogen) atoms. The summed E-state index contributed by atoms with van der Waals surface area (Å²) >= 11 is 0. The van der Waals surface area contributed by atoms with E-state index in [1.54, 1.807) is 22.1 Å². The summed E-state index contributed by atoms with van der Waals surface area (Å²) < 4.78 is 2.73. The minimum Gasteiger partial charge on any atom is -0.306 e. The van der Waals surface area contributed by atoms with Gasteiger partial charge < -0.3 is 4.40 Å². The first-order chi connectivity index (χ1) is 30.7. The molecule has 4 saturated carbocycles. The molecule has 298 valence electrons. The molecule has 3 heterocycles. The molecule has 0 saturated heterocycles. The maximum absolute atomic E-state index is 5.59. The molecule has 1 spiro atoms. The predicted octanol–water partition coefficient (Wildman–Crippen LogP) is 15.0. The molecule has 19 rings (SSSR count). The highest BCUT2D eigenvalue weighted by atomic mass is 14.9. The van der Waals surface area contributed by atoms with Crippen LogP contribution in [-0.4, -0.2) is 9.38 Å². The van der Waals surface area contributed by atoms with E-state index in [2.05, 4.69) is 126 Å². The zero-order valence-corrected chi connectivity index (χ0v) is 35.1. The van der Waals surface area contributed by atoms with E-state index in [1.165, 1.54) is 158 Å². The van der Waals surface area contributed by atoms with Crippen molar-refractivity contribution < 1.29 is 0 Å². The average Bonchev–Trinajstić information content (AvgIpc) is 3.94. The van der Waals surface area contributed by atoms with E-state index in [0.717, 1.165) is 23.7 Å². The lowest BCUT2D eigenvalue weighted by Crippen LogP contribution is -2.25. The lowest BCUT2D eigenvalue weighted by atomic mass is 9.67. The van der Waals surface area contributed by atoms with Gasteiger partial charge in [-0.3, -0.25) is 4.98 Å². The SMILES string of the molecule is c1ccc2c(c1)-c1ccccc1C21c2ccccc2-c2c(-c3cc4c5c6c(ccc5n5c7cnc8c(c7c(c3)c45)C3CC4CC(CC8C4)C3)C3CC4CC(C3)CC6C4)cccc21. The lowest BCUT2D eigenvalue weighted by Gasteiger charge is -2.38. The minimum absolute atomic E-state index is 0.352. The monoisotopic (exact) mass is 796 g/mol. The van der Waals surface area contributed by atoms with Crippen molar-refractivity contribution in [2.75, 3.05) is 0 Å². The Labute approximate surface area is 362 Å². The maximum Gasteiger partial charge on any atom is 0.0728 e. The number of rotatable bonds is 1. The number of nitrogens with zero attached hydrogens (tertiary/aromatic N) is 2. The third-order valence-electron chi connectivity index (χ3n) is 19.0. The third kappa shape index (κ3) is 3.73. The minimum atomic E-state index is -0.352. The lowest BCUT2D eigenvalue weighted by molar-refractivity contribution is 0.165. The predicted molar refractivity (Wildman–Crippen MR) is 252 cm³/mol. The summed E-state index contributed by atoms with van der Waals surface area (Å²) in [4.78, 5) is 5.59. The number of hydrogen-bond donors (Lipinski definition) is 0. The fourth-order valence-electron chi connectivity index (χ4n) is 17.4. The quantitative estimate of drug-likeness (QED) is 0.162. The first-order valence-corrected chi connectivity index (χ1v) is 24.3. The molecule has 9 aromatic rings. The molecule has 10 aliphatic rings. The normalized spacial score (nSPS) is 28.5. The van der Waals surface area contributed by atoms with Crippen molar-refractivity contribution >= 4 is 38.1 Å². The second kappa shape index (κ2) is 11.1. The molecule has 2 heteroatoms. The first-order valence-electron chi connectivity index (χ1n) is 24.3. The highest BCUT2D eigenvalue weighted by Gasteiger charge is 2.52. The average molecular weight is 797 g/mol. The van der Waals surface area contributed by atoms with E-state index < -0.39 is 0 Å². The molecule has 6 aromatic carbocycles. The number of pyridine rings is 1. The van der Waals surface area contributed by atoms with Gasteiger partial charge in [0.2, 0.25) is 0 Å². The second-order valence-electron chi connectivity index (χ2n) is 21.8. The Bertz CT molecular complexity index is 3310. The van der Waals surface area contributed by atoms with Crippen molar-refractivity contribution in [1.29, 1.82) is 0 Å². The van der Waals surface area contributed by atoms with Crippen LogP contribution in [0.2, 0.25) is 0 Å². The molecule has 0 N–H and O–H groups in total. The highest BCUT2D eigenvalue weighted by molar-refractivity contribution is 6.26. The van der Waals surface area contributed by atoms with Crippen LogP contribution in [-0.2, 0) is 5.41 Å². The zero-order valence-electron chi connectivity index (χ0n) is 35.1. The van der Waals surface area contributed by atoms with Crippen LogP contribution in [0.4, 0.5) is 0 Å². The molecule has 8 bridgehead atoms. The summed E-state index contributed by atoms with van der Waals surface area (Å²) in [5.41, 5.74) is 24.4. The summed E-state index contributed by atoms with van der Waals surface area (Å²) in [5, 5.41) is 6.08. The van der Waals surface area contributed by atoms with Gasteiger partial charge in [0.15, 0.2) is 0 Å². The summed E-state index contributed by atoms with van der Waals surface area (Å²) in [6.07, 6.45) is 16.2.